The summed E-state index contributed by atoms with van der Waals surface area (Å²) in [5, 5.41) is 6.14. The van der Waals surface area contributed by atoms with Crippen LogP contribution < -0.4 is 10.6 Å². The van der Waals surface area contributed by atoms with E-state index in [1.165, 1.54) is 35.6 Å². The molecule has 4 nitrogen and oxygen atoms in total. The summed E-state index contributed by atoms with van der Waals surface area (Å²) < 4.78 is 36.5. The Labute approximate surface area is 128 Å². The molecule has 0 atom stereocenters. The number of rotatable bonds is 4. The van der Waals surface area contributed by atoms with Crippen LogP contribution in [0.3, 0.4) is 0 Å². The lowest BCUT2D eigenvalue weighted by Gasteiger charge is -2.10. The second kappa shape index (κ2) is 6.61. The van der Waals surface area contributed by atoms with E-state index in [9.17, 15) is 22.8 Å². The molecule has 0 bridgehead atoms. The molecule has 1 aromatic carbocycles. The van der Waals surface area contributed by atoms with Crippen molar-refractivity contribution in [1.29, 1.82) is 0 Å². The lowest BCUT2D eigenvalue weighted by molar-refractivity contribution is -0.167. The van der Waals surface area contributed by atoms with Crippen molar-refractivity contribution in [2.45, 2.75) is 12.6 Å². The summed E-state index contributed by atoms with van der Waals surface area (Å²) in [7, 11) is 0. The zero-order valence-electron chi connectivity index (χ0n) is 11.1. The number of carbonyl (C=O) groups excluding carboxylic acids is 2. The first-order valence-corrected chi connectivity index (χ1v) is 7.03. The zero-order chi connectivity index (χ0) is 16.2. The Morgan fingerprint density at radius 1 is 1.05 bits per heavy atom. The van der Waals surface area contributed by atoms with Gasteiger partial charge in [0.25, 0.3) is 0 Å². The molecule has 0 fully saturated rings. The van der Waals surface area contributed by atoms with Crippen LogP contribution in [0.5, 0.6) is 0 Å². The third-order valence-electron chi connectivity index (χ3n) is 2.58. The molecule has 2 N–H and O–H groups in total. The van der Waals surface area contributed by atoms with E-state index in [0.717, 1.165) is 4.88 Å². The van der Waals surface area contributed by atoms with Gasteiger partial charge in [0.2, 0.25) is 5.91 Å². The summed E-state index contributed by atoms with van der Waals surface area (Å²) >= 11 is 1.43. The Morgan fingerprint density at radius 3 is 2.32 bits per heavy atom. The van der Waals surface area contributed by atoms with Gasteiger partial charge in [-0.15, -0.1) is 11.3 Å². The number of thiophene rings is 1. The van der Waals surface area contributed by atoms with Gasteiger partial charge in [-0.1, -0.05) is 12.1 Å². The number of hydrogen-bond donors (Lipinski definition) is 2. The Kier molecular flexibility index (Phi) is 4.81. The van der Waals surface area contributed by atoms with Crippen LogP contribution >= 0.6 is 11.3 Å². The molecule has 0 radical (unpaired) electrons. The molecule has 0 aliphatic rings. The number of halogens is 3. The maximum absolute atomic E-state index is 12.2. The SMILES string of the molecule is O=C(Cc1cccs1)Nc1cccc(NC(=O)C(F)(F)F)c1. The van der Waals surface area contributed by atoms with Gasteiger partial charge in [0.05, 0.1) is 6.42 Å². The number of hydrogen-bond acceptors (Lipinski definition) is 3. The molecule has 0 unspecified atom stereocenters. The Balaban J connectivity index is 1.99. The van der Waals surface area contributed by atoms with Crippen LogP contribution in [0.25, 0.3) is 0 Å². The van der Waals surface area contributed by atoms with Crippen molar-refractivity contribution in [3.63, 3.8) is 0 Å². The summed E-state index contributed by atoms with van der Waals surface area (Å²) in [6, 6.07) is 9.15. The van der Waals surface area contributed by atoms with E-state index in [1.807, 2.05) is 17.5 Å². The van der Waals surface area contributed by atoms with Crippen molar-refractivity contribution in [3.8, 4) is 0 Å². The van der Waals surface area contributed by atoms with Crippen LogP contribution in [0.2, 0.25) is 0 Å². The molecule has 1 heterocycles. The van der Waals surface area contributed by atoms with E-state index >= 15 is 0 Å². The number of alkyl halides is 3. The highest BCUT2D eigenvalue weighted by atomic mass is 32.1. The van der Waals surface area contributed by atoms with E-state index in [2.05, 4.69) is 5.32 Å². The number of nitrogens with one attached hydrogen (secondary N) is 2. The van der Waals surface area contributed by atoms with Crippen molar-refractivity contribution in [1.82, 2.24) is 0 Å². The normalized spacial score (nSPS) is 11.0. The Hall–Kier alpha value is -2.35. The maximum atomic E-state index is 12.2. The van der Waals surface area contributed by atoms with Crippen LogP contribution in [0.15, 0.2) is 41.8 Å². The molecule has 1 aromatic heterocycles. The molecule has 116 valence electrons. The Bertz CT molecular complexity index is 669. The average Bonchev–Trinajstić information content (AvgIpc) is 2.90. The van der Waals surface area contributed by atoms with Gasteiger partial charge in [0, 0.05) is 16.3 Å². The topological polar surface area (TPSA) is 58.2 Å². The smallest absolute Gasteiger partial charge is 0.326 e. The summed E-state index contributed by atoms with van der Waals surface area (Å²) in [5.74, 6) is -2.35. The number of anilines is 2. The highest BCUT2D eigenvalue weighted by molar-refractivity contribution is 7.10. The summed E-state index contributed by atoms with van der Waals surface area (Å²) in [6.45, 7) is 0. The fourth-order valence-corrected chi connectivity index (χ4v) is 2.36. The molecule has 8 heteroatoms. The van der Waals surface area contributed by atoms with Gasteiger partial charge in [-0.05, 0) is 29.6 Å². The predicted molar refractivity (Wildman–Crippen MR) is 77.8 cm³/mol. The maximum Gasteiger partial charge on any atom is 0.471 e. The van der Waals surface area contributed by atoms with Gasteiger partial charge in [-0.2, -0.15) is 13.2 Å². The van der Waals surface area contributed by atoms with Crippen molar-refractivity contribution < 1.29 is 22.8 Å². The number of amides is 2. The fourth-order valence-electron chi connectivity index (χ4n) is 1.65. The van der Waals surface area contributed by atoms with Gasteiger partial charge in [-0.3, -0.25) is 9.59 Å². The minimum atomic E-state index is -4.96. The molecule has 0 saturated carbocycles. The highest BCUT2D eigenvalue weighted by Gasteiger charge is 2.38. The monoisotopic (exact) mass is 328 g/mol. The summed E-state index contributed by atoms with van der Waals surface area (Å²) in [6.07, 6.45) is -4.78. The number of carbonyl (C=O) groups is 2. The molecule has 2 rings (SSSR count). The van der Waals surface area contributed by atoms with Gasteiger partial charge in [0.1, 0.15) is 0 Å². The predicted octanol–water partition coefficient (Wildman–Crippen LogP) is 3.43. The minimum Gasteiger partial charge on any atom is -0.326 e. The zero-order valence-corrected chi connectivity index (χ0v) is 11.9. The van der Waals surface area contributed by atoms with Crippen LogP contribution in [0, 0.1) is 0 Å². The van der Waals surface area contributed by atoms with Crippen molar-refractivity contribution in [3.05, 3.63) is 46.7 Å². The second-order valence-corrected chi connectivity index (χ2v) is 5.37. The van der Waals surface area contributed by atoms with Gasteiger partial charge in [-0.25, -0.2) is 0 Å². The first-order valence-electron chi connectivity index (χ1n) is 6.15. The molecule has 2 aromatic rings. The molecule has 22 heavy (non-hydrogen) atoms. The van der Waals surface area contributed by atoms with Crippen LogP contribution in [0.1, 0.15) is 4.88 Å². The largest absolute Gasteiger partial charge is 0.471 e. The van der Waals surface area contributed by atoms with E-state index in [1.54, 1.807) is 5.32 Å². The first kappa shape index (κ1) is 16.0. The molecule has 2 amide bonds. The molecular formula is C14H11F3N2O2S. The third kappa shape index (κ3) is 4.59. The third-order valence-corrected chi connectivity index (χ3v) is 3.45. The lowest BCUT2D eigenvalue weighted by Crippen LogP contribution is -2.29. The second-order valence-electron chi connectivity index (χ2n) is 4.34. The van der Waals surface area contributed by atoms with E-state index < -0.39 is 12.1 Å². The first-order chi connectivity index (χ1) is 10.3. The van der Waals surface area contributed by atoms with Crippen LogP contribution in [0.4, 0.5) is 24.5 Å². The quantitative estimate of drug-likeness (QED) is 0.903. The van der Waals surface area contributed by atoms with E-state index in [-0.39, 0.29) is 18.0 Å². The van der Waals surface area contributed by atoms with Gasteiger partial charge >= 0.3 is 12.1 Å². The summed E-state index contributed by atoms with van der Waals surface area (Å²) in [4.78, 5) is 23.5. The van der Waals surface area contributed by atoms with Gasteiger partial charge < -0.3 is 10.6 Å². The molecular weight excluding hydrogens is 317 g/mol. The highest BCUT2D eigenvalue weighted by Crippen LogP contribution is 2.20. The van der Waals surface area contributed by atoms with E-state index in [4.69, 9.17) is 0 Å². The van der Waals surface area contributed by atoms with Crippen LogP contribution in [-0.4, -0.2) is 18.0 Å². The fraction of sp³-hybridized carbons (Fsp3) is 0.143. The van der Waals surface area contributed by atoms with Crippen molar-refractivity contribution in [2.24, 2.45) is 0 Å². The number of benzene rings is 1. The minimum absolute atomic E-state index is 0.0451. The molecule has 0 spiro atoms. The molecule has 0 saturated heterocycles. The van der Waals surface area contributed by atoms with E-state index in [0.29, 0.717) is 5.69 Å². The average molecular weight is 328 g/mol. The van der Waals surface area contributed by atoms with Crippen LogP contribution in [-0.2, 0) is 16.0 Å². The Morgan fingerprint density at radius 2 is 1.73 bits per heavy atom. The molecule has 0 aliphatic carbocycles. The molecule has 0 aliphatic heterocycles. The standard InChI is InChI=1S/C14H11F3N2O2S/c15-14(16,17)13(21)19-10-4-1-3-9(7-10)18-12(20)8-11-5-2-6-22-11/h1-7H,8H2,(H,18,20)(H,19,21). The van der Waals surface area contributed by atoms with Crippen molar-refractivity contribution in [2.75, 3.05) is 10.6 Å². The van der Waals surface area contributed by atoms with Gasteiger partial charge in [0.15, 0.2) is 0 Å². The van der Waals surface area contributed by atoms with Crippen molar-refractivity contribution >= 4 is 34.5 Å². The summed E-state index contributed by atoms with van der Waals surface area (Å²) in [5.41, 5.74) is 0.262. The lowest BCUT2D eigenvalue weighted by atomic mass is 10.2.